The van der Waals surface area contributed by atoms with E-state index in [9.17, 15) is 0 Å². The second-order valence-electron chi connectivity index (χ2n) is 6.80. The van der Waals surface area contributed by atoms with E-state index in [1.54, 1.807) is 0 Å². The molecule has 1 unspecified atom stereocenters. The first-order valence-corrected chi connectivity index (χ1v) is 8.67. The molecule has 0 amide bonds. The average molecular weight is 295 g/mol. The molecule has 20 heavy (non-hydrogen) atoms. The molecule has 2 heterocycles. The lowest BCUT2D eigenvalue weighted by Crippen LogP contribution is -2.37. The number of hydrogen-bond donors (Lipinski definition) is 1. The summed E-state index contributed by atoms with van der Waals surface area (Å²) in [7, 11) is 2.02. The van der Waals surface area contributed by atoms with Crippen LogP contribution in [0, 0.1) is 5.41 Å². The number of hydrogen-bond acceptors (Lipinski definition) is 4. The normalized spacial score (nSPS) is 20.1. The minimum absolute atomic E-state index is 0.501. The summed E-state index contributed by atoms with van der Waals surface area (Å²) < 4.78 is 0. The Labute approximate surface area is 127 Å². The largest absolute Gasteiger partial charge is 0.348 e. The summed E-state index contributed by atoms with van der Waals surface area (Å²) in [4.78, 5) is 8.88. The monoisotopic (exact) mass is 295 g/mol. The van der Waals surface area contributed by atoms with Gasteiger partial charge in [-0.1, -0.05) is 27.7 Å². The molecule has 1 aromatic heterocycles. The molecule has 0 saturated carbocycles. The van der Waals surface area contributed by atoms with Crippen molar-refractivity contribution in [1.82, 2.24) is 10.3 Å². The van der Waals surface area contributed by atoms with E-state index in [2.05, 4.69) is 37.9 Å². The van der Waals surface area contributed by atoms with E-state index in [1.165, 1.54) is 28.5 Å². The molecule has 1 aliphatic heterocycles. The molecule has 0 aromatic carbocycles. The maximum Gasteiger partial charge on any atom is 0.185 e. The second kappa shape index (κ2) is 6.44. The average Bonchev–Trinajstić information content (AvgIpc) is 2.82. The fourth-order valence-electron chi connectivity index (χ4n) is 2.65. The predicted octanol–water partition coefficient (Wildman–Crippen LogP) is 4.00. The van der Waals surface area contributed by atoms with Gasteiger partial charge in [0, 0.05) is 24.5 Å². The SMILES string of the molecule is CCC(C)c1nc(N2CCC(C)(C)CC2)sc1CNC. The van der Waals surface area contributed by atoms with Crippen molar-refractivity contribution in [2.24, 2.45) is 5.41 Å². The Bertz CT molecular complexity index is 429. The van der Waals surface area contributed by atoms with E-state index in [0.29, 0.717) is 11.3 Å². The van der Waals surface area contributed by atoms with Gasteiger partial charge in [-0.05, 0) is 37.6 Å². The van der Waals surface area contributed by atoms with Gasteiger partial charge in [-0.2, -0.15) is 0 Å². The highest BCUT2D eigenvalue weighted by Gasteiger charge is 2.27. The van der Waals surface area contributed by atoms with Gasteiger partial charge >= 0.3 is 0 Å². The van der Waals surface area contributed by atoms with E-state index in [-0.39, 0.29) is 0 Å². The van der Waals surface area contributed by atoms with Crippen LogP contribution in [0.2, 0.25) is 0 Å². The highest BCUT2D eigenvalue weighted by atomic mass is 32.1. The third-order valence-electron chi connectivity index (χ3n) is 4.52. The number of rotatable bonds is 5. The summed E-state index contributed by atoms with van der Waals surface area (Å²) in [5.74, 6) is 0.560. The third kappa shape index (κ3) is 3.53. The molecule has 1 aliphatic rings. The molecule has 1 saturated heterocycles. The molecule has 114 valence electrons. The van der Waals surface area contributed by atoms with Crippen molar-refractivity contribution in [3.05, 3.63) is 10.6 Å². The highest BCUT2D eigenvalue weighted by molar-refractivity contribution is 7.15. The van der Waals surface area contributed by atoms with E-state index in [1.807, 2.05) is 18.4 Å². The minimum Gasteiger partial charge on any atom is -0.348 e. The Kier molecular flexibility index (Phi) is 5.08. The number of anilines is 1. The van der Waals surface area contributed by atoms with Gasteiger partial charge in [0.15, 0.2) is 5.13 Å². The van der Waals surface area contributed by atoms with Crippen molar-refractivity contribution in [1.29, 1.82) is 0 Å². The zero-order valence-corrected chi connectivity index (χ0v) is 14.4. The van der Waals surface area contributed by atoms with Crippen molar-refractivity contribution >= 4 is 16.5 Å². The van der Waals surface area contributed by atoms with Crippen LogP contribution < -0.4 is 10.2 Å². The van der Waals surface area contributed by atoms with E-state index < -0.39 is 0 Å². The summed E-state index contributed by atoms with van der Waals surface area (Å²) >= 11 is 1.89. The van der Waals surface area contributed by atoms with E-state index in [0.717, 1.165) is 26.1 Å². The van der Waals surface area contributed by atoms with Crippen LogP contribution in [0.1, 0.15) is 63.4 Å². The summed E-state index contributed by atoms with van der Waals surface area (Å²) in [5.41, 5.74) is 1.81. The smallest absolute Gasteiger partial charge is 0.185 e. The standard InChI is InChI=1S/C16H29N3S/c1-6-12(2)14-13(11-17-5)20-15(18-14)19-9-7-16(3,4)8-10-19/h12,17H,6-11H2,1-5H3. The quantitative estimate of drug-likeness (QED) is 0.890. The summed E-state index contributed by atoms with van der Waals surface area (Å²) in [6.07, 6.45) is 3.70. The van der Waals surface area contributed by atoms with Crippen molar-refractivity contribution in [3.8, 4) is 0 Å². The van der Waals surface area contributed by atoms with Crippen LogP contribution in [0.3, 0.4) is 0 Å². The minimum atomic E-state index is 0.501. The summed E-state index contributed by atoms with van der Waals surface area (Å²) in [6, 6.07) is 0. The van der Waals surface area contributed by atoms with E-state index >= 15 is 0 Å². The molecular weight excluding hydrogens is 266 g/mol. The molecule has 1 fully saturated rings. The van der Waals surface area contributed by atoms with Gasteiger partial charge in [-0.25, -0.2) is 4.98 Å². The lowest BCUT2D eigenvalue weighted by atomic mass is 9.83. The molecule has 4 heteroatoms. The van der Waals surface area contributed by atoms with Crippen molar-refractivity contribution in [3.63, 3.8) is 0 Å². The third-order valence-corrected chi connectivity index (χ3v) is 5.65. The number of nitrogens with zero attached hydrogens (tertiary/aromatic N) is 2. The van der Waals surface area contributed by atoms with Crippen LogP contribution >= 0.6 is 11.3 Å². The molecule has 0 spiro atoms. The molecule has 1 N–H and O–H groups in total. The van der Waals surface area contributed by atoms with Gasteiger partial charge < -0.3 is 10.2 Å². The Morgan fingerprint density at radius 1 is 1.35 bits per heavy atom. The first-order valence-electron chi connectivity index (χ1n) is 7.86. The zero-order chi connectivity index (χ0) is 14.8. The molecule has 3 nitrogen and oxygen atoms in total. The molecule has 0 aliphatic carbocycles. The molecule has 1 atom stereocenters. The summed E-state index contributed by atoms with van der Waals surface area (Å²) in [5, 5.41) is 4.52. The van der Waals surface area contributed by atoms with Crippen LogP contribution in [0.5, 0.6) is 0 Å². The lowest BCUT2D eigenvalue weighted by Gasteiger charge is -2.36. The Balaban J connectivity index is 2.16. The first kappa shape index (κ1) is 15.8. The number of piperidine rings is 1. The topological polar surface area (TPSA) is 28.2 Å². The van der Waals surface area contributed by atoms with Gasteiger partial charge in [-0.15, -0.1) is 11.3 Å². The van der Waals surface area contributed by atoms with Crippen molar-refractivity contribution in [2.45, 2.75) is 59.4 Å². The van der Waals surface area contributed by atoms with Crippen LogP contribution in [-0.2, 0) is 6.54 Å². The Morgan fingerprint density at radius 3 is 2.55 bits per heavy atom. The Morgan fingerprint density at radius 2 is 2.00 bits per heavy atom. The predicted molar refractivity (Wildman–Crippen MR) is 88.8 cm³/mol. The molecule has 2 rings (SSSR count). The van der Waals surface area contributed by atoms with Gasteiger partial charge in [0.2, 0.25) is 0 Å². The van der Waals surface area contributed by atoms with Gasteiger partial charge in [0.25, 0.3) is 0 Å². The molecule has 0 radical (unpaired) electrons. The fourth-order valence-corrected chi connectivity index (χ4v) is 3.90. The lowest BCUT2D eigenvalue weighted by molar-refractivity contribution is 0.279. The molecule has 1 aromatic rings. The highest BCUT2D eigenvalue weighted by Crippen LogP contribution is 2.36. The van der Waals surface area contributed by atoms with Crippen molar-refractivity contribution < 1.29 is 0 Å². The van der Waals surface area contributed by atoms with Crippen molar-refractivity contribution in [2.75, 3.05) is 25.0 Å². The number of thiazole rings is 1. The zero-order valence-electron chi connectivity index (χ0n) is 13.6. The fraction of sp³-hybridized carbons (Fsp3) is 0.812. The number of nitrogens with one attached hydrogen (secondary N) is 1. The van der Waals surface area contributed by atoms with E-state index in [4.69, 9.17) is 4.98 Å². The maximum absolute atomic E-state index is 4.98. The number of aromatic nitrogens is 1. The maximum atomic E-state index is 4.98. The summed E-state index contributed by atoms with van der Waals surface area (Å²) in [6.45, 7) is 12.5. The second-order valence-corrected chi connectivity index (χ2v) is 7.86. The van der Waals surface area contributed by atoms with Gasteiger partial charge in [-0.3, -0.25) is 0 Å². The van der Waals surface area contributed by atoms with Crippen LogP contribution in [0.25, 0.3) is 0 Å². The van der Waals surface area contributed by atoms with Gasteiger partial charge in [0.1, 0.15) is 0 Å². The van der Waals surface area contributed by atoms with Crippen LogP contribution in [-0.4, -0.2) is 25.1 Å². The first-order chi connectivity index (χ1) is 9.46. The Hall–Kier alpha value is -0.610. The molecule has 0 bridgehead atoms. The van der Waals surface area contributed by atoms with Crippen LogP contribution in [0.4, 0.5) is 5.13 Å². The molecular formula is C16H29N3S. The van der Waals surface area contributed by atoms with Gasteiger partial charge in [0.05, 0.1) is 5.69 Å². The van der Waals surface area contributed by atoms with Crippen LogP contribution in [0.15, 0.2) is 0 Å².